The summed E-state index contributed by atoms with van der Waals surface area (Å²) < 4.78 is 137. The van der Waals surface area contributed by atoms with Crippen LogP contribution in [0.2, 0.25) is 0 Å². The number of ether oxygens (including phenoxy) is 2. The molecule has 0 saturated heterocycles. The molecule has 0 spiro atoms. The van der Waals surface area contributed by atoms with Crippen LogP contribution in [0, 0.1) is 58.8 Å². The van der Waals surface area contributed by atoms with E-state index in [-0.39, 0.29) is 18.5 Å². The Morgan fingerprint density at radius 2 is 0.982 bits per heavy atom. The maximum Gasteiger partial charge on any atom is 0.573 e. The van der Waals surface area contributed by atoms with E-state index in [0.29, 0.717) is 29.7 Å². The molecule has 316 valence electrons. The van der Waals surface area contributed by atoms with Crippen molar-refractivity contribution in [3.63, 3.8) is 0 Å². The fourth-order valence-electron chi connectivity index (χ4n) is 10.2. The average Bonchev–Trinajstić information content (AvgIpc) is 3.16. The molecule has 4 aliphatic rings. The molecule has 12 heteroatoms. The van der Waals surface area contributed by atoms with Crippen molar-refractivity contribution in [1.82, 2.24) is 0 Å². The van der Waals surface area contributed by atoms with Gasteiger partial charge in [0.15, 0.2) is 23.1 Å². The molecule has 2 aromatic rings. The second kappa shape index (κ2) is 19.7. The number of halogens is 10. The Morgan fingerprint density at radius 1 is 0.536 bits per heavy atom. The fourth-order valence-corrected chi connectivity index (χ4v) is 10.2. The highest BCUT2D eigenvalue weighted by molar-refractivity contribution is 5.67. The Labute approximate surface area is 326 Å². The van der Waals surface area contributed by atoms with E-state index in [1.807, 2.05) is 6.08 Å². The molecule has 0 aromatic heterocycles. The first kappa shape index (κ1) is 44.2. The molecule has 2 nitrogen and oxygen atoms in total. The Balaban J connectivity index is 0.000000248. The second-order valence-electron chi connectivity index (χ2n) is 16.6. The summed E-state index contributed by atoms with van der Waals surface area (Å²) >= 11 is 0. The van der Waals surface area contributed by atoms with E-state index < -0.39 is 47.5 Å². The van der Waals surface area contributed by atoms with E-state index in [1.54, 1.807) is 0 Å². The minimum Gasteiger partial charge on any atom is -0.403 e. The van der Waals surface area contributed by atoms with E-state index in [2.05, 4.69) is 23.3 Å². The molecule has 3 saturated carbocycles. The molecule has 0 heterocycles. The maximum atomic E-state index is 14.4. The van der Waals surface area contributed by atoms with Gasteiger partial charge in [-0.05, 0) is 141 Å². The molecule has 1 atom stereocenters. The first-order chi connectivity index (χ1) is 26.6. The molecule has 56 heavy (non-hydrogen) atoms. The Bertz CT molecular complexity index is 1580. The van der Waals surface area contributed by atoms with Gasteiger partial charge in [0.1, 0.15) is 0 Å². The van der Waals surface area contributed by atoms with E-state index in [0.717, 1.165) is 68.4 Å². The lowest BCUT2D eigenvalue weighted by molar-refractivity contribution is -0.276. The summed E-state index contributed by atoms with van der Waals surface area (Å²) in [5, 5.41) is 0. The quantitative estimate of drug-likeness (QED) is 0.223. The van der Waals surface area contributed by atoms with Crippen LogP contribution in [-0.2, 0) is 0 Å². The lowest BCUT2D eigenvalue weighted by Gasteiger charge is -2.38. The Kier molecular flexibility index (Phi) is 15.5. The Morgan fingerprint density at radius 3 is 1.43 bits per heavy atom. The molecule has 0 amide bonds. The number of benzene rings is 2. The largest absolute Gasteiger partial charge is 0.573 e. The maximum absolute atomic E-state index is 14.4. The fraction of sp³-hybridized carbons (Fsp3) is 0.682. The van der Waals surface area contributed by atoms with Crippen LogP contribution in [0.1, 0.15) is 154 Å². The molecule has 3 fully saturated rings. The molecule has 2 aromatic carbocycles. The van der Waals surface area contributed by atoms with E-state index >= 15 is 0 Å². The minimum absolute atomic E-state index is 0. The van der Waals surface area contributed by atoms with Crippen molar-refractivity contribution in [2.24, 2.45) is 35.5 Å². The Hall–Kier alpha value is -2.92. The minimum atomic E-state index is -5.05. The zero-order chi connectivity index (χ0) is 40.6. The van der Waals surface area contributed by atoms with Gasteiger partial charge in [-0.15, -0.1) is 26.3 Å². The van der Waals surface area contributed by atoms with E-state index in [4.69, 9.17) is 0 Å². The van der Waals surface area contributed by atoms with E-state index in [1.165, 1.54) is 89.2 Å². The van der Waals surface area contributed by atoms with Gasteiger partial charge in [0.2, 0.25) is 11.6 Å². The normalized spacial score (nSPS) is 27.5. The smallest absolute Gasteiger partial charge is 0.403 e. The van der Waals surface area contributed by atoms with Crippen molar-refractivity contribution < 1.29 is 54.8 Å². The number of hydrogen-bond donors (Lipinski definition) is 0. The highest BCUT2D eigenvalue weighted by Crippen LogP contribution is 2.46. The van der Waals surface area contributed by atoms with Crippen LogP contribution in [0.5, 0.6) is 11.5 Å². The van der Waals surface area contributed by atoms with Gasteiger partial charge in [-0.25, -0.2) is 8.78 Å². The second-order valence-corrected chi connectivity index (χ2v) is 16.6. The van der Waals surface area contributed by atoms with Gasteiger partial charge in [-0.2, -0.15) is 8.78 Å². The average molecular weight is 809 g/mol. The highest BCUT2D eigenvalue weighted by atomic mass is 19.4. The van der Waals surface area contributed by atoms with Crippen LogP contribution < -0.4 is 9.47 Å². The van der Waals surface area contributed by atoms with Crippen LogP contribution >= 0.6 is 0 Å². The molecular formula is C44H58F10O2. The van der Waals surface area contributed by atoms with Crippen LogP contribution in [0.4, 0.5) is 43.9 Å². The lowest BCUT2D eigenvalue weighted by atomic mass is 9.68. The van der Waals surface area contributed by atoms with Gasteiger partial charge >= 0.3 is 12.7 Å². The van der Waals surface area contributed by atoms with Gasteiger partial charge in [0.05, 0.1) is 0 Å². The van der Waals surface area contributed by atoms with Gasteiger partial charge in [-0.1, -0.05) is 77.4 Å². The first-order valence-electron chi connectivity index (χ1n) is 20.7. The molecule has 0 bridgehead atoms. The summed E-state index contributed by atoms with van der Waals surface area (Å²) in [6.07, 6.45) is 13.0. The number of rotatable bonds is 10. The zero-order valence-electron chi connectivity index (χ0n) is 32.5. The van der Waals surface area contributed by atoms with E-state index in [9.17, 15) is 43.9 Å². The van der Waals surface area contributed by atoms with Crippen molar-refractivity contribution >= 4 is 5.57 Å². The summed E-state index contributed by atoms with van der Waals surface area (Å²) in [7, 11) is 0. The third-order valence-electron chi connectivity index (χ3n) is 13.1. The topological polar surface area (TPSA) is 18.5 Å². The molecule has 6 rings (SSSR count). The van der Waals surface area contributed by atoms with Crippen molar-refractivity contribution in [3.8, 4) is 11.5 Å². The predicted molar refractivity (Wildman–Crippen MR) is 199 cm³/mol. The lowest BCUT2D eigenvalue weighted by Crippen LogP contribution is -2.25. The summed E-state index contributed by atoms with van der Waals surface area (Å²) in [6, 6.07) is 4.17. The first-order valence-corrected chi connectivity index (χ1v) is 20.7. The molecule has 4 aliphatic carbocycles. The molecular weight excluding hydrogens is 750 g/mol. The van der Waals surface area contributed by atoms with Crippen molar-refractivity contribution in [2.45, 2.75) is 154 Å². The van der Waals surface area contributed by atoms with Gasteiger partial charge in [0.25, 0.3) is 0 Å². The monoisotopic (exact) mass is 808 g/mol. The van der Waals surface area contributed by atoms with Crippen molar-refractivity contribution in [3.05, 3.63) is 64.7 Å². The highest BCUT2D eigenvalue weighted by Gasteiger charge is 2.37. The third-order valence-corrected chi connectivity index (χ3v) is 13.1. The number of alkyl halides is 6. The summed E-state index contributed by atoms with van der Waals surface area (Å²) in [5.41, 5.74) is 0.889. The number of hydrogen-bond acceptors (Lipinski definition) is 2. The zero-order valence-corrected chi connectivity index (χ0v) is 32.5. The summed E-state index contributed by atoms with van der Waals surface area (Å²) in [5.74, 6) is -3.65. The SMILES string of the molecule is CCCC1CCC(C2CC=C(c3ccc(OC(F)(F)F)c(F)c3F)CC2)CC1.CCCC1CCC(C2CCC(c3ccc(OC(F)(F)F)c(F)c3F)CC2)CC1.[HH]. The van der Waals surface area contributed by atoms with Crippen LogP contribution in [0.15, 0.2) is 30.3 Å². The summed E-state index contributed by atoms with van der Waals surface area (Å²) in [4.78, 5) is 0. The van der Waals surface area contributed by atoms with Crippen LogP contribution in [0.25, 0.3) is 5.57 Å². The predicted octanol–water partition coefficient (Wildman–Crippen LogP) is 15.6. The molecule has 0 N–H and O–H groups in total. The van der Waals surface area contributed by atoms with Gasteiger partial charge in [0, 0.05) is 6.99 Å². The molecule has 1 unspecified atom stereocenters. The molecule has 0 aliphatic heterocycles. The number of allylic oxidation sites excluding steroid dienone is 2. The standard InChI is InChI=1S/C22H29F5O.C22H27F5O.H2/c2*1-2-3-14-4-6-15(7-5-14)16-8-10-17(11-9-16)18-12-13-19(21(24)20(18)23)28-22(25,26)27;/h12-17H,2-11H2,1H3;10,12-16H,2-9,11H2,1H3;1H. The van der Waals surface area contributed by atoms with Crippen molar-refractivity contribution in [1.29, 1.82) is 0 Å². The third kappa shape index (κ3) is 12.1. The summed E-state index contributed by atoms with van der Waals surface area (Å²) in [6.45, 7) is 4.46. The van der Waals surface area contributed by atoms with Crippen molar-refractivity contribution in [2.75, 3.05) is 0 Å². The van der Waals surface area contributed by atoms with Gasteiger partial charge in [-0.3, -0.25) is 0 Å². The van der Waals surface area contributed by atoms with Crippen LogP contribution in [-0.4, -0.2) is 12.7 Å². The van der Waals surface area contributed by atoms with Gasteiger partial charge < -0.3 is 9.47 Å². The van der Waals surface area contributed by atoms with Crippen LogP contribution in [0.3, 0.4) is 0 Å². The molecule has 0 radical (unpaired) electrons.